The van der Waals surface area contributed by atoms with Crippen molar-refractivity contribution in [1.82, 2.24) is 4.90 Å². The standard InChI is InChI=1S/C8H16FNO2/c1-10(2)6-7(5-9)4-8(11)12-3/h7H,4-6H2,1-3H3. The summed E-state index contributed by atoms with van der Waals surface area (Å²) in [6, 6.07) is 0. The summed E-state index contributed by atoms with van der Waals surface area (Å²) in [5.74, 6) is -0.591. The number of esters is 1. The number of alkyl halides is 1. The second kappa shape index (κ2) is 5.94. The predicted octanol–water partition coefficient (Wildman–Crippen LogP) is 0.697. The van der Waals surface area contributed by atoms with E-state index in [2.05, 4.69) is 4.74 Å². The van der Waals surface area contributed by atoms with E-state index in [-0.39, 0.29) is 18.3 Å². The van der Waals surface area contributed by atoms with Crippen molar-refractivity contribution in [3.63, 3.8) is 0 Å². The van der Waals surface area contributed by atoms with Crippen molar-refractivity contribution in [2.24, 2.45) is 5.92 Å². The maximum absolute atomic E-state index is 12.3. The summed E-state index contributed by atoms with van der Waals surface area (Å²) in [6.07, 6.45) is 0.158. The minimum absolute atomic E-state index is 0.158. The number of carbonyl (C=O) groups is 1. The fourth-order valence-corrected chi connectivity index (χ4v) is 1.00. The van der Waals surface area contributed by atoms with E-state index >= 15 is 0 Å². The molecule has 12 heavy (non-hydrogen) atoms. The van der Waals surface area contributed by atoms with Crippen molar-refractivity contribution in [3.8, 4) is 0 Å². The van der Waals surface area contributed by atoms with Gasteiger partial charge in [0, 0.05) is 12.5 Å². The van der Waals surface area contributed by atoms with E-state index in [0.717, 1.165) is 0 Å². The molecule has 0 aliphatic rings. The molecule has 1 unspecified atom stereocenters. The van der Waals surface area contributed by atoms with Crippen LogP contribution in [0, 0.1) is 5.92 Å². The molecule has 4 heteroatoms. The van der Waals surface area contributed by atoms with Gasteiger partial charge in [-0.1, -0.05) is 0 Å². The predicted molar refractivity (Wildman–Crippen MR) is 44.7 cm³/mol. The van der Waals surface area contributed by atoms with Gasteiger partial charge in [-0.2, -0.15) is 0 Å². The highest BCUT2D eigenvalue weighted by molar-refractivity contribution is 5.69. The Balaban J connectivity index is 3.74. The molecule has 0 radical (unpaired) electrons. The van der Waals surface area contributed by atoms with E-state index in [0.29, 0.717) is 6.54 Å². The number of halogens is 1. The maximum atomic E-state index is 12.3. The molecule has 0 saturated heterocycles. The molecule has 0 saturated carbocycles. The van der Waals surface area contributed by atoms with Crippen molar-refractivity contribution in [2.75, 3.05) is 34.4 Å². The van der Waals surface area contributed by atoms with Crippen LogP contribution in [0.5, 0.6) is 0 Å². The van der Waals surface area contributed by atoms with Crippen LogP contribution in [-0.4, -0.2) is 45.3 Å². The molecule has 0 rings (SSSR count). The number of rotatable bonds is 5. The summed E-state index contributed by atoms with van der Waals surface area (Å²) in [6.45, 7) is 0.0961. The van der Waals surface area contributed by atoms with E-state index in [1.807, 2.05) is 19.0 Å². The lowest BCUT2D eigenvalue weighted by atomic mass is 10.1. The molecule has 0 bridgehead atoms. The van der Waals surface area contributed by atoms with Crippen LogP contribution in [0.25, 0.3) is 0 Å². The van der Waals surface area contributed by atoms with E-state index in [9.17, 15) is 9.18 Å². The first kappa shape index (κ1) is 11.4. The molecule has 3 nitrogen and oxygen atoms in total. The molecule has 1 atom stereocenters. The van der Waals surface area contributed by atoms with Crippen LogP contribution in [0.1, 0.15) is 6.42 Å². The molecule has 0 spiro atoms. The topological polar surface area (TPSA) is 29.5 Å². The van der Waals surface area contributed by atoms with E-state index < -0.39 is 6.67 Å². The second-order valence-corrected chi connectivity index (χ2v) is 3.06. The van der Waals surface area contributed by atoms with E-state index in [1.165, 1.54) is 7.11 Å². The molecule has 0 aliphatic heterocycles. The molecule has 0 aromatic rings. The molecule has 0 N–H and O–H groups in total. The van der Waals surface area contributed by atoms with Crippen molar-refractivity contribution in [3.05, 3.63) is 0 Å². The average molecular weight is 177 g/mol. The largest absolute Gasteiger partial charge is 0.469 e. The minimum Gasteiger partial charge on any atom is -0.469 e. The maximum Gasteiger partial charge on any atom is 0.305 e. The van der Waals surface area contributed by atoms with Crippen molar-refractivity contribution < 1.29 is 13.9 Å². The fourth-order valence-electron chi connectivity index (χ4n) is 1.00. The number of hydrogen-bond acceptors (Lipinski definition) is 3. The van der Waals surface area contributed by atoms with Crippen LogP contribution in [-0.2, 0) is 9.53 Å². The summed E-state index contributed by atoms with van der Waals surface area (Å²) in [5.41, 5.74) is 0. The van der Waals surface area contributed by atoms with Crippen molar-refractivity contribution in [2.45, 2.75) is 6.42 Å². The summed E-state index contributed by atoms with van der Waals surface area (Å²) in [4.78, 5) is 12.6. The Labute approximate surface area is 72.5 Å². The second-order valence-electron chi connectivity index (χ2n) is 3.06. The third-order valence-electron chi connectivity index (χ3n) is 1.52. The highest BCUT2D eigenvalue weighted by Crippen LogP contribution is 2.06. The highest BCUT2D eigenvalue weighted by atomic mass is 19.1. The van der Waals surface area contributed by atoms with Crippen LogP contribution < -0.4 is 0 Å². The van der Waals surface area contributed by atoms with Crippen LogP contribution in [0.15, 0.2) is 0 Å². The van der Waals surface area contributed by atoms with Gasteiger partial charge in [0.25, 0.3) is 0 Å². The summed E-state index contributed by atoms with van der Waals surface area (Å²) >= 11 is 0. The quantitative estimate of drug-likeness (QED) is 0.579. The fraction of sp³-hybridized carbons (Fsp3) is 0.875. The molecule has 0 aliphatic carbocycles. The summed E-state index contributed by atoms with van der Waals surface area (Å²) in [5, 5.41) is 0. The highest BCUT2D eigenvalue weighted by Gasteiger charge is 2.14. The van der Waals surface area contributed by atoms with Crippen LogP contribution in [0.2, 0.25) is 0 Å². The number of nitrogens with zero attached hydrogens (tertiary/aromatic N) is 1. The van der Waals surface area contributed by atoms with Gasteiger partial charge in [-0.25, -0.2) is 0 Å². The molecule has 0 heterocycles. The Morgan fingerprint density at radius 3 is 2.50 bits per heavy atom. The van der Waals surface area contributed by atoms with Gasteiger partial charge in [-0.05, 0) is 14.1 Å². The lowest BCUT2D eigenvalue weighted by Gasteiger charge is -2.16. The van der Waals surface area contributed by atoms with E-state index in [4.69, 9.17) is 0 Å². The molecule has 0 aromatic heterocycles. The van der Waals surface area contributed by atoms with Crippen molar-refractivity contribution in [1.29, 1.82) is 0 Å². The lowest BCUT2D eigenvalue weighted by Crippen LogP contribution is -2.25. The number of hydrogen-bond donors (Lipinski definition) is 0. The molecule has 72 valence electrons. The Bertz CT molecular complexity index is 139. The molecular weight excluding hydrogens is 161 g/mol. The van der Waals surface area contributed by atoms with Crippen molar-refractivity contribution >= 4 is 5.97 Å². The Morgan fingerprint density at radius 1 is 1.58 bits per heavy atom. The van der Waals surface area contributed by atoms with Crippen LogP contribution >= 0.6 is 0 Å². The molecule has 0 amide bonds. The lowest BCUT2D eigenvalue weighted by molar-refractivity contribution is -0.142. The zero-order valence-electron chi connectivity index (χ0n) is 7.84. The molecule has 0 fully saturated rings. The van der Waals surface area contributed by atoms with Gasteiger partial charge in [-0.15, -0.1) is 0 Å². The van der Waals surface area contributed by atoms with Crippen LogP contribution in [0.3, 0.4) is 0 Å². The van der Waals surface area contributed by atoms with Gasteiger partial charge in [0.15, 0.2) is 0 Å². The van der Waals surface area contributed by atoms with E-state index in [1.54, 1.807) is 0 Å². The minimum atomic E-state index is -0.479. The number of ether oxygens (including phenoxy) is 1. The number of carbonyl (C=O) groups excluding carboxylic acids is 1. The normalized spacial score (nSPS) is 13.1. The summed E-state index contributed by atoms with van der Waals surface area (Å²) in [7, 11) is 5.01. The van der Waals surface area contributed by atoms with Gasteiger partial charge in [0.05, 0.1) is 20.2 Å². The first-order valence-corrected chi connectivity index (χ1v) is 3.87. The SMILES string of the molecule is COC(=O)CC(CF)CN(C)C. The number of methoxy groups -OCH3 is 1. The van der Waals surface area contributed by atoms with Gasteiger partial charge < -0.3 is 9.64 Å². The zero-order chi connectivity index (χ0) is 9.56. The molecule has 0 aromatic carbocycles. The molecular formula is C8H16FNO2. The van der Waals surface area contributed by atoms with Crippen LogP contribution in [0.4, 0.5) is 4.39 Å². The zero-order valence-corrected chi connectivity index (χ0v) is 7.84. The van der Waals surface area contributed by atoms with Gasteiger partial charge in [0.2, 0.25) is 0 Å². The smallest absolute Gasteiger partial charge is 0.305 e. The Hall–Kier alpha value is -0.640. The monoisotopic (exact) mass is 177 g/mol. The summed E-state index contributed by atoms with van der Waals surface area (Å²) < 4.78 is 16.7. The van der Waals surface area contributed by atoms with Gasteiger partial charge in [-0.3, -0.25) is 9.18 Å². The first-order valence-electron chi connectivity index (χ1n) is 3.87. The first-order chi connectivity index (χ1) is 5.60. The van der Waals surface area contributed by atoms with Gasteiger partial charge >= 0.3 is 5.97 Å². The van der Waals surface area contributed by atoms with Gasteiger partial charge in [0.1, 0.15) is 0 Å². The Morgan fingerprint density at radius 2 is 2.17 bits per heavy atom. The third kappa shape index (κ3) is 5.07. The Kier molecular flexibility index (Phi) is 5.62. The average Bonchev–Trinajstić information content (AvgIpc) is 2.02. The third-order valence-corrected chi connectivity index (χ3v) is 1.52.